The molecule has 3 heteroatoms. The second kappa shape index (κ2) is 4.22. The highest BCUT2D eigenvalue weighted by atomic mass is 35.5. The molecule has 0 aliphatic carbocycles. The van der Waals surface area contributed by atoms with Crippen LogP contribution >= 0.6 is 11.6 Å². The third-order valence-electron chi connectivity index (χ3n) is 2.35. The molecule has 0 heterocycles. The third kappa shape index (κ3) is 1.93. The van der Waals surface area contributed by atoms with Crippen molar-refractivity contribution >= 4 is 11.6 Å². The summed E-state index contributed by atoms with van der Waals surface area (Å²) in [5, 5.41) is 0.0800. The van der Waals surface area contributed by atoms with E-state index in [-0.39, 0.29) is 16.1 Å². The number of alkyl halides is 2. The minimum atomic E-state index is -3.06. The van der Waals surface area contributed by atoms with E-state index in [1.807, 2.05) is 0 Å². The lowest BCUT2D eigenvalue weighted by atomic mass is 10.0. The molecule has 0 unspecified atom stereocenters. The van der Waals surface area contributed by atoms with Crippen molar-refractivity contribution in [2.75, 3.05) is 0 Å². The van der Waals surface area contributed by atoms with Gasteiger partial charge < -0.3 is 0 Å². The molecule has 0 N–H and O–H groups in total. The van der Waals surface area contributed by atoms with Gasteiger partial charge in [-0.05, 0) is 6.07 Å². The van der Waals surface area contributed by atoms with Gasteiger partial charge in [-0.25, -0.2) is 0 Å². The summed E-state index contributed by atoms with van der Waals surface area (Å²) in [5.74, 6) is -3.06. The Labute approximate surface area is 97.5 Å². The third-order valence-corrected chi connectivity index (χ3v) is 2.68. The van der Waals surface area contributed by atoms with E-state index >= 15 is 0 Å². The molecule has 0 amide bonds. The Kier molecular flexibility index (Phi) is 2.92. The van der Waals surface area contributed by atoms with Gasteiger partial charge in [-0.2, -0.15) is 8.78 Å². The van der Waals surface area contributed by atoms with Gasteiger partial charge in [0, 0.05) is 11.1 Å². The van der Waals surface area contributed by atoms with E-state index < -0.39 is 5.92 Å². The van der Waals surface area contributed by atoms with Gasteiger partial charge in [-0.1, -0.05) is 60.1 Å². The first-order valence-corrected chi connectivity index (χ1v) is 5.18. The molecule has 0 saturated heterocycles. The highest BCUT2D eigenvalue weighted by Crippen LogP contribution is 2.38. The summed E-state index contributed by atoms with van der Waals surface area (Å²) in [6.45, 7) is 0. The van der Waals surface area contributed by atoms with Gasteiger partial charge in [-0.3, -0.25) is 0 Å². The molecule has 0 radical (unpaired) electrons. The Morgan fingerprint density at radius 1 is 0.812 bits per heavy atom. The Balaban J connectivity index is 2.51. The average Bonchev–Trinajstić information content (AvgIpc) is 2.30. The second-order valence-electron chi connectivity index (χ2n) is 3.42. The van der Waals surface area contributed by atoms with Crippen molar-refractivity contribution in [2.24, 2.45) is 0 Å². The Hall–Kier alpha value is -1.41. The Bertz CT molecular complexity index is 480. The lowest BCUT2D eigenvalue weighted by Crippen LogP contribution is -2.15. The Morgan fingerprint density at radius 3 is 2.00 bits per heavy atom. The van der Waals surface area contributed by atoms with Crippen LogP contribution in [-0.2, 0) is 5.92 Å². The maximum Gasteiger partial charge on any atom is 0.299 e. The molecule has 0 saturated carbocycles. The van der Waals surface area contributed by atoms with Gasteiger partial charge in [0.25, 0.3) is 5.92 Å². The lowest BCUT2D eigenvalue weighted by Gasteiger charge is -2.18. The standard InChI is InChI=1S/C13H9ClF2/c14-12-9-5-4-8-11(12)13(15,16)10-6-2-1-3-7-10/h1-9H. The van der Waals surface area contributed by atoms with Crippen molar-refractivity contribution in [1.29, 1.82) is 0 Å². The molecular formula is C13H9ClF2. The van der Waals surface area contributed by atoms with E-state index in [2.05, 4.69) is 0 Å². The van der Waals surface area contributed by atoms with Crippen LogP contribution in [0.25, 0.3) is 0 Å². The molecular weight excluding hydrogens is 230 g/mol. The summed E-state index contributed by atoms with van der Waals surface area (Å²) in [4.78, 5) is 0. The second-order valence-corrected chi connectivity index (χ2v) is 3.83. The first-order chi connectivity index (χ1) is 7.62. The molecule has 0 aromatic heterocycles. The summed E-state index contributed by atoms with van der Waals surface area (Å²) in [6, 6.07) is 13.6. The van der Waals surface area contributed by atoms with Gasteiger partial charge in [0.2, 0.25) is 0 Å². The normalized spacial score (nSPS) is 11.4. The van der Waals surface area contributed by atoms with Crippen molar-refractivity contribution in [2.45, 2.75) is 5.92 Å². The van der Waals surface area contributed by atoms with Crippen LogP contribution in [0.1, 0.15) is 11.1 Å². The summed E-state index contributed by atoms with van der Waals surface area (Å²) < 4.78 is 28.1. The fourth-order valence-electron chi connectivity index (χ4n) is 1.52. The van der Waals surface area contributed by atoms with Crippen LogP contribution in [0, 0.1) is 0 Å². The van der Waals surface area contributed by atoms with Crippen LogP contribution in [-0.4, -0.2) is 0 Å². The quantitative estimate of drug-likeness (QED) is 0.724. The Morgan fingerprint density at radius 2 is 1.38 bits per heavy atom. The van der Waals surface area contributed by atoms with Crippen LogP contribution in [0.5, 0.6) is 0 Å². The monoisotopic (exact) mass is 238 g/mol. The van der Waals surface area contributed by atoms with Gasteiger partial charge >= 0.3 is 0 Å². The molecule has 0 fully saturated rings. The highest BCUT2D eigenvalue weighted by molar-refractivity contribution is 6.31. The molecule has 0 spiro atoms. The SMILES string of the molecule is FC(F)(c1ccccc1)c1ccccc1Cl. The van der Waals surface area contributed by atoms with Crippen molar-refractivity contribution in [1.82, 2.24) is 0 Å². The van der Waals surface area contributed by atoms with Gasteiger partial charge in [-0.15, -0.1) is 0 Å². The number of benzene rings is 2. The van der Waals surface area contributed by atoms with Crippen molar-refractivity contribution < 1.29 is 8.78 Å². The zero-order valence-electron chi connectivity index (χ0n) is 8.33. The maximum absolute atomic E-state index is 14.1. The zero-order valence-corrected chi connectivity index (χ0v) is 9.09. The number of rotatable bonds is 2. The molecule has 0 atom stereocenters. The fraction of sp³-hybridized carbons (Fsp3) is 0.0769. The molecule has 16 heavy (non-hydrogen) atoms. The van der Waals surface area contributed by atoms with Gasteiger partial charge in [0.05, 0.1) is 5.02 Å². The summed E-state index contributed by atoms with van der Waals surface area (Å²) in [5.41, 5.74) is -0.217. The number of hydrogen-bond acceptors (Lipinski definition) is 0. The molecule has 0 bridgehead atoms. The van der Waals surface area contributed by atoms with Crippen molar-refractivity contribution in [3.05, 3.63) is 70.7 Å². The summed E-state index contributed by atoms with van der Waals surface area (Å²) >= 11 is 5.78. The van der Waals surface area contributed by atoms with Crippen LogP contribution < -0.4 is 0 Å². The van der Waals surface area contributed by atoms with Gasteiger partial charge in [0.15, 0.2) is 0 Å². The smallest absolute Gasteiger partial charge is 0.196 e. The van der Waals surface area contributed by atoms with Gasteiger partial charge in [0.1, 0.15) is 0 Å². The molecule has 0 nitrogen and oxygen atoms in total. The number of hydrogen-bond donors (Lipinski definition) is 0. The predicted octanol–water partition coefficient (Wildman–Crippen LogP) is 4.48. The minimum absolute atomic E-state index is 0.0527. The molecule has 0 aliphatic heterocycles. The van der Waals surface area contributed by atoms with E-state index in [0.717, 1.165) is 0 Å². The fourth-order valence-corrected chi connectivity index (χ4v) is 1.77. The number of halogens is 3. The van der Waals surface area contributed by atoms with E-state index in [4.69, 9.17) is 11.6 Å². The summed E-state index contributed by atoms with van der Waals surface area (Å²) in [6.07, 6.45) is 0. The van der Waals surface area contributed by atoms with Crippen molar-refractivity contribution in [3.63, 3.8) is 0 Å². The molecule has 2 aromatic rings. The van der Waals surface area contributed by atoms with Crippen molar-refractivity contribution in [3.8, 4) is 0 Å². The highest BCUT2D eigenvalue weighted by Gasteiger charge is 2.35. The molecule has 2 aromatic carbocycles. The van der Waals surface area contributed by atoms with Crippen LogP contribution in [0.3, 0.4) is 0 Å². The van der Waals surface area contributed by atoms with E-state index in [9.17, 15) is 8.78 Å². The summed E-state index contributed by atoms with van der Waals surface area (Å²) in [7, 11) is 0. The average molecular weight is 239 g/mol. The topological polar surface area (TPSA) is 0 Å². The van der Waals surface area contributed by atoms with Crippen LogP contribution in [0.4, 0.5) is 8.78 Å². The molecule has 2 rings (SSSR count). The molecule has 0 aliphatic rings. The zero-order chi connectivity index (χ0) is 11.6. The van der Waals surface area contributed by atoms with E-state index in [0.29, 0.717) is 0 Å². The minimum Gasteiger partial charge on any atom is -0.196 e. The first-order valence-electron chi connectivity index (χ1n) is 4.80. The van der Waals surface area contributed by atoms with Crippen LogP contribution in [0.15, 0.2) is 54.6 Å². The van der Waals surface area contributed by atoms with E-state index in [1.165, 1.54) is 24.3 Å². The first kappa shape index (κ1) is 11.1. The van der Waals surface area contributed by atoms with E-state index in [1.54, 1.807) is 30.3 Å². The molecule has 82 valence electrons. The predicted molar refractivity (Wildman–Crippen MR) is 60.9 cm³/mol. The largest absolute Gasteiger partial charge is 0.299 e. The maximum atomic E-state index is 14.1. The lowest BCUT2D eigenvalue weighted by molar-refractivity contribution is 0.0429. The van der Waals surface area contributed by atoms with Crippen LogP contribution in [0.2, 0.25) is 5.02 Å².